The van der Waals surface area contributed by atoms with Gasteiger partial charge in [-0.25, -0.2) is 4.79 Å². The van der Waals surface area contributed by atoms with Gasteiger partial charge in [-0.05, 0) is 18.9 Å². The van der Waals surface area contributed by atoms with Crippen LogP contribution in [0.1, 0.15) is 59.8 Å². The maximum Gasteiger partial charge on any atom is 0.338 e. The molecule has 0 aromatic carbocycles. The van der Waals surface area contributed by atoms with E-state index in [1.54, 1.807) is 20.8 Å². The second kappa shape index (κ2) is 14.0. The van der Waals surface area contributed by atoms with Crippen molar-refractivity contribution in [2.45, 2.75) is 114 Å². The molecule has 0 aliphatic carbocycles. The maximum atomic E-state index is 13.1. The van der Waals surface area contributed by atoms with E-state index in [2.05, 4.69) is 0 Å². The van der Waals surface area contributed by atoms with E-state index in [1.807, 2.05) is 13.0 Å². The number of aliphatic hydroxyl groups is 5. The summed E-state index contributed by atoms with van der Waals surface area (Å²) in [7, 11) is 4.20. The molecule has 1 unspecified atom stereocenters. The lowest BCUT2D eigenvalue weighted by Gasteiger charge is -2.54. The molecule has 0 radical (unpaired) electrons. The smallest absolute Gasteiger partial charge is 0.338 e. The number of fused-ring (bicyclic) bond motifs is 2. The summed E-state index contributed by atoms with van der Waals surface area (Å²) in [6.45, 7) is 6.81. The molecule has 2 heterocycles. The minimum atomic E-state index is -2.23. The molecule has 2 saturated heterocycles. The van der Waals surface area contributed by atoms with Gasteiger partial charge in [-0.3, -0.25) is 0 Å². The number of carbonyl (C=O) groups is 1. The van der Waals surface area contributed by atoms with Gasteiger partial charge < -0.3 is 49.2 Å². The normalized spacial score (nSPS) is 40.2. The van der Waals surface area contributed by atoms with Gasteiger partial charge in [0.15, 0.2) is 6.10 Å². The first-order chi connectivity index (χ1) is 17.8. The standard InChI is InChI=1S/C27H48O11/c1-8-16(14-28)9-15(2)19-10-17(34-5)13-22(29)26(3,4)27(33)24(31)21(36-7)12-18(38-27)11-20(35-6)23(30)25(32)37-19/h9,16-24,28-31,33H,8,10-14H2,1-7H3/b15-9+/t16-,17-,18-,19?,20-,21-,22+,23+,24-,27+/m1/s1. The van der Waals surface area contributed by atoms with Crippen LogP contribution < -0.4 is 0 Å². The predicted molar refractivity (Wildman–Crippen MR) is 137 cm³/mol. The monoisotopic (exact) mass is 548 g/mol. The largest absolute Gasteiger partial charge is 0.456 e. The van der Waals surface area contributed by atoms with E-state index >= 15 is 0 Å². The number of ether oxygens (including phenoxy) is 5. The van der Waals surface area contributed by atoms with Gasteiger partial charge in [0.25, 0.3) is 0 Å². The van der Waals surface area contributed by atoms with E-state index in [0.717, 1.165) is 0 Å². The molecular weight excluding hydrogens is 500 g/mol. The first-order valence-electron chi connectivity index (χ1n) is 13.3. The quantitative estimate of drug-likeness (QED) is 0.224. The summed E-state index contributed by atoms with van der Waals surface area (Å²) in [6.07, 6.45) is -5.71. The van der Waals surface area contributed by atoms with E-state index in [1.165, 1.54) is 21.3 Å². The van der Waals surface area contributed by atoms with Gasteiger partial charge >= 0.3 is 5.97 Å². The van der Waals surface area contributed by atoms with Crippen LogP contribution in [-0.4, -0.2) is 114 Å². The van der Waals surface area contributed by atoms with Crippen LogP contribution in [0.2, 0.25) is 0 Å². The van der Waals surface area contributed by atoms with Crippen molar-refractivity contribution >= 4 is 5.97 Å². The van der Waals surface area contributed by atoms with E-state index in [9.17, 15) is 30.3 Å². The highest BCUT2D eigenvalue weighted by molar-refractivity contribution is 5.75. The molecule has 2 rings (SSSR count). The van der Waals surface area contributed by atoms with E-state index in [0.29, 0.717) is 12.0 Å². The van der Waals surface area contributed by atoms with Crippen LogP contribution >= 0.6 is 0 Å². The number of carbonyl (C=O) groups excluding carboxylic acids is 1. The van der Waals surface area contributed by atoms with Crippen LogP contribution in [0.4, 0.5) is 0 Å². The number of hydrogen-bond acceptors (Lipinski definition) is 11. The first kappa shape index (κ1) is 33.1. The summed E-state index contributed by atoms with van der Waals surface area (Å²) in [6, 6.07) is 0. The van der Waals surface area contributed by atoms with E-state index in [4.69, 9.17) is 23.7 Å². The Balaban J connectivity index is 2.56. The molecule has 0 spiro atoms. The Hall–Kier alpha value is -1.15. The fraction of sp³-hybridized carbons (Fsp3) is 0.889. The minimum absolute atomic E-state index is 0.0174. The lowest BCUT2D eigenvalue weighted by Crippen LogP contribution is -2.68. The number of methoxy groups -OCH3 is 3. The van der Waals surface area contributed by atoms with Crippen LogP contribution in [0, 0.1) is 11.3 Å². The predicted octanol–water partition coefficient (Wildman–Crippen LogP) is 0.678. The summed E-state index contributed by atoms with van der Waals surface area (Å²) in [4.78, 5) is 13.1. The maximum absolute atomic E-state index is 13.1. The summed E-state index contributed by atoms with van der Waals surface area (Å²) in [5.74, 6) is -3.29. The number of rotatable bonds is 7. The van der Waals surface area contributed by atoms with Crippen molar-refractivity contribution in [1.82, 2.24) is 0 Å². The van der Waals surface area contributed by atoms with Crippen LogP contribution in [-0.2, 0) is 28.5 Å². The van der Waals surface area contributed by atoms with Crippen molar-refractivity contribution in [2.24, 2.45) is 11.3 Å². The lowest BCUT2D eigenvalue weighted by atomic mass is 9.70. The van der Waals surface area contributed by atoms with Gasteiger partial charge in [0.05, 0.1) is 30.5 Å². The first-order valence-corrected chi connectivity index (χ1v) is 13.3. The molecule has 2 fully saturated rings. The Morgan fingerprint density at radius 3 is 2.18 bits per heavy atom. The molecule has 5 N–H and O–H groups in total. The van der Waals surface area contributed by atoms with E-state index < -0.39 is 66.0 Å². The molecule has 11 nitrogen and oxygen atoms in total. The van der Waals surface area contributed by atoms with Gasteiger partial charge in [-0.2, -0.15) is 0 Å². The van der Waals surface area contributed by atoms with Crippen molar-refractivity contribution in [3.8, 4) is 0 Å². The van der Waals surface area contributed by atoms with Crippen molar-refractivity contribution < 1.29 is 54.0 Å². The third-order valence-electron chi connectivity index (χ3n) is 8.37. The zero-order valence-corrected chi connectivity index (χ0v) is 23.7. The lowest BCUT2D eigenvalue weighted by molar-refractivity contribution is -0.379. The average Bonchev–Trinajstić information content (AvgIpc) is 2.89. The van der Waals surface area contributed by atoms with Gasteiger partial charge in [-0.15, -0.1) is 0 Å². The molecular formula is C27H48O11. The summed E-state index contributed by atoms with van der Waals surface area (Å²) < 4.78 is 28.3. The number of aliphatic hydroxyl groups excluding tert-OH is 4. The summed E-state index contributed by atoms with van der Waals surface area (Å²) in [5.41, 5.74) is -0.730. The summed E-state index contributed by atoms with van der Waals surface area (Å²) >= 11 is 0. The third kappa shape index (κ3) is 7.13. The summed E-state index contributed by atoms with van der Waals surface area (Å²) in [5, 5.41) is 54.7. The molecule has 2 aliphatic rings. The number of hydrogen-bond donors (Lipinski definition) is 5. The van der Waals surface area contributed by atoms with Crippen molar-refractivity contribution in [3.05, 3.63) is 11.6 Å². The molecule has 0 saturated carbocycles. The molecule has 0 amide bonds. The van der Waals surface area contributed by atoms with Crippen molar-refractivity contribution in [2.75, 3.05) is 27.9 Å². The third-order valence-corrected chi connectivity index (χ3v) is 8.37. The molecule has 2 bridgehead atoms. The van der Waals surface area contributed by atoms with Crippen LogP contribution in [0.5, 0.6) is 0 Å². The highest BCUT2D eigenvalue weighted by atomic mass is 16.7. The minimum Gasteiger partial charge on any atom is -0.456 e. The Morgan fingerprint density at radius 2 is 1.66 bits per heavy atom. The van der Waals surface area contributed by atoms with Crippen LogP contribution in [0.25, 0.3) is 0 Å². The second-order valence-corrected chi connectivity index (χ2v) is 11.1. The Labute approximate surface area is 225 Å². The molecule has 11 heteroatoms. The fourth-order valence-electron chi connectivity index (χ4n) is 5.30. The molecule has 0 aromatic heterocycles. The zero-order chi connectivity index (χ0) is 28.8. The topological polar surface area (TPSA) is 164 Å². The average molecular weight is 549 g/mol. The Bertz CT molecular complexity index is 783. The van der Waals surface area contributed by atoms with Gasteiger partial charge in [0, 0.05) is 65.0 Å². The molecule has 0 aromatic rings. The number of cyclic esters (lactones) is 1. The Kier molecular flexibility index (Phi) is 12.1. The van der Waals surface area contributed by atoms with Crippen LogP contribution in [0.15, 0.2) is 11.6 Å². The second-order valence-electron chi connectivity index (χ2n) is 11.1. The SMILES string of the molecule is CC[C@H](/C=C(\C)C1C[C@@H](OC)C[C@H](O)C(C)(C)[C@@]2(O)O[C@H](C[C@@H](OC)[C@H](O)C(=O)O1)C[C@@H](OC)[C@H]2O)CO. The van der Waals surface area contributed by atoms with Crippen molar-refractivity contribution in [1.29, 1.82) is 0 Å². The highest BCUT2D eigenvalue weighted by Gasteiger charge is 2.60. The van der Waals surface area contributed by atoms with Gasteiger partial charge in [0.1, 0.15) is 12.2 Å². The molecule has 222 valence electrons. The van der Waals surface area contributed by atoms with Gasteiger partial charge in [-0.1, -0.05) is 26.8 Å². The van der Waals surface area contributed by atoms with Crippen LogP contribution in [0.3, 0.4) is 0 Å². The zero-order valence-electron chi connectivity index (χ0n) is 23.7. The molecule has 2 aliphatic heterocycles. The fourth-order valence-corrected chi connectivity index (χ4v) is 5.30. The van der Waals surface area contributed by atoms with E-state index in [-0.39, 0.29) is 38.2 Å². The molecule has 38 heavy (non-hydrogen) atoms. The van der Waals surface area contributed by atoms with Gasteiger partial charge in [0.2, 0.25) is 5.79 Å². The highest BCUT2D eigenvalue weighted by Crippen LogP contribution is 2.46. The van der Waals surface area contributed by atoms with Crippen molar-refractivity contribution in [3.63, 3.8) is 0 Å². The number of esters is 1. The molecule has 10 atom stereocenters. The Morgan fingerprint density at radius 1 is 1.05 bits per heavy atom.